The lowest BCUT2D eigenvalue weighted by atomic mass is 10.1. The van der Waals surface area contributed by atoms with Gasteiger partial charge in [0.2, 0.25) is 0 Å². The van der Waals surface area contributed by atoms with Gasteiger partial charge in [0.25, 0.3) is 5.91 Å². The molecule has 0 fully saturated rings. The number of nitrogens with zero attached hydrogens (tertiary/aromatic N) is 1. The molecule has 0 aliphatic rings. The number of benzene rings is 1. The van der Waals surface area contributed by atoms with Crippen LogP contribution >= 0.6 is 0 Å². The largest absolute Gasteiger partial charge is 0.496 e. The quantitative estimate of drug-likeness (QED) is 0.794. The molecule has 0 aromatic heterocycles. The van der Waals surface area contributed by atoms with Gasteiger partial charge in [0, 0.05) is 24.7 Å². The molecule has 0 saturated carbocycles. The van der Waals surface area contributed by atoms with Crippen molar-refractivity contribution in [2.24, 2.45) is 0 Å². The number of carbonyl (C=O) groups is 1. The van der Waals surface area contributed by atoms with E-state index in [4.69, 9.17) is 9.47 Å². The third kappa shape index (κ3) is 3.63. The molecule has 0 bridgehead atoms. The summed E-state index contributed by atoms with van der Waals surface area (Å²) in [6, 6.07) is 3.53. The van der Waals surface area contributed by atoms with E-state index in [1.165, 1.54) is 0 Å². The Morgan fingerprint density at radius 3 is 2.16 bits per heavy atom. The number of carbonyl (C=O) groups excluding carboxylic acids is 1. The molecule has 1 rings (SSSR count). The molecular formula is C15H23NO3. The summed E-state index contributed by atoms with van der Waals surface area (Å²) in [6.07, 6.45) is 2.07. The van der Waals surface area contributed by atoms with Crippen LogP contribution in [-0.4, -0.2) is 38.6 Å². The van der Waals surface area contributed by atoms with Gasteiger partial charge in [-0.3, -0.25) is 4.79 Å². The summed E-state index contributed by atoms with van der Waals surface area (Å²) in [7, 11) is 5.00. The first-order valence-electron chi connectivity index (χ1n) is 6.53. The van der Waals surface area contributed by atoms with E-state index in [2.05, 4.69) is 6.92 Å². The highest BCUT2D eigenvalue weighted by Gasteiger charge is 2.16. The first kappa shape index (κ1) is 15.3. The molecule has 19 heavy (non-hydrogen) atoms. The number of hydrogen-bond acceptors (Lipinski definition) is 3. The van der Waals surface area contributed by atoms with E-state index >= 15 is 0 Å². The third-order valence-electron chi connectivity index (χ3n) is 3.19. The van der Waals surface area contributed by atoms with Crippen molar-refractivity contribution >= 4 is 5.91 Å². The fourth-order valence-electron chi connectivity index (χ4n) is 1.93. The Balaban J connectivity index is 3.03. The smallest absolute Gasteiger partial charge is 0.253 e. The van der Waals surface area contributed by atoms with Gasteiger partial charge in [0.1, 0.15) is 11.5 Å². The van der Waals surface area contributed by atoms with Gasteiger partial charge in [-0.2, -0.15) is 0 Å². The highest BCUT2D eigenvalue weighted by atomic mass is 16.5. The maximum Gasteiger partial charge on any atom is 0.253 e. The Hall–Kier alpha value is -1.71. The van der Waals surface area contributed by atoms with Crippen molar-refractivity contribution in [1.82, 2.24) is 4.90 Å². The normalized spacial score (nSPS) is 10.2. The Morgan fingerprint density at radius 2 is 1.74 bits per heavy atom. The minimum atomic E-state index is -0.00921. The van der Waals surface area contributed by atoms with Crippen molar-refractivity contribution in [3.63, 3.8) is 0 Å². The van der Waals surface area contributed by atoms with Gasteiger partial charge in [0.15, 0.2) is 0 Å². The standard InChI is InChI=1S/C15H23NO3/c1-6-7-8-16(3)15(17)12-9-13(18-4)11(2)14(10-12)19-5/h9-10H,6-8H2,1-5H3. The monoisotopic (exact) mass is 265 g/mol. The second-order valence-corrected chi connectivity index (χ2v) is 4.59. The maximum absolute atomic E-state index is 12.3. The van der Waals surface area contributed by atoms with E-state index in [9.17, 15) is 4.79 Å². The fraction of sp³-hybridized carbons (Fsp3) is 0.533. The number of hydrogen-bond donors (Lipinski definition) is 0. The van der Waals surface area contributed by atoms with Crippen LogP contribution in [0, 0.1) is 6.92 Å². The Kier molecular flexibility index (Phi) is 5.67. The van der Waals surface area contributed by atoms with Gasteiger partial charge < -0.3 is 14.4 Å². The van der Waals surface area contributed by atoms with E-state index in [0.29, 0.717) is 17.1 Å². The van der Waals surface area contributed by atoms with E-state index < -0.39 is 0 Å². The minimum Gasteiger partial charge on any atom is -0.496 e. The third-order valence-corrected chi connectivity index (χ3v) is 3.19. The number of unbranched alkanes of at least 4 members (excludes halogenated alkanes) is 1. The van der Waals surface area contributed by atoms with Gasteiger partial charge >= 0.3 is 0 Å². The first-order chi connectivity index (χ1) is 9.04. The molecule has 4 nitrogen and oxygen atoms in total. The topological polar surface area (TPSA) is 38.8 Å². The molecule has 4 heteroatoms. The molecule has 0 unspecified atom stereocenters. The van der Waals surface area contributed by atoms with Crippen LogP contribution in [-0.2, 0) is 0 Å². The van der Waals surface area contributed by atoms with Crippen molar-refractivity contribution in [2.75, 3.05) is 27.8 Å². The lowest BCUT2D eigenvalue weighted by Crippen LogP contribution is -2.27. The van der Waals surface area contributed by atoms with Crippen LogP contribution in [0.25, 0.3) is 0 Å². The van der Waals surface area contributed by atoms with E-state index in [0.717, 1.165) is 24.9 Å². The molecule has 106 valence electrons. The second kappa shape index (κ2) is 7.02. The molecule has 0 atom stereocenters. The predicted molar refractivity (Wildman–Crippen MR) is 76.2 cm³/mol. The predicted octanol–water partition coefficient (Wildman–Crippen LogP) is 2.88. The van der Waals surface area contributed by atoms with Crippen LogP contribution in [0.4, 0.5) is 0 Å². The zero-order chi connectivity index (χ0) is 14.4. The van der Waals surface area contributed by atoms with Crippen molar-refractivity contribution in [3.05, 3.63) is 23.3 Å². The summed E-state index contributed by atoms with van der Waals surface area (Å²) in [4.78, 5) is 14.0. The summed E-state index contributed by atoms with van der Waals surface area (Å²) in [5.41, 5.74) is 1.50. The number of rotatable bonds is 6. The van der Waals surface area contributed by atoms with Crippen LogP contribution in [0.2, 0.25) is 0 Å². The molecule has 0 radical (unpaired) electrons. The number of amides is 1. The van der Waals surface area contributed by atoms with Crippen LogP contribution in [0.3, 0.4) is 0 Å². The van der Waals surface area contributed by atoms with Crippen molar-refractivity contribution in [2.45, 2.75) is 26.7 Å². The van der Waals surface area contributed by atoms with Crippen molar-refractivity contribution < 1.29 is 14.3 Å². The first-order valence-corrected chi connectivity index (χ1v) is 6.53. The summed E-state index contributed by atoms with van der Waals surface area (Å²) in [5.74, 6) is 1.34. The van der Waals surface area contributed by atoms with Crippen molar-refractivity contribution in [3.8, 4) is 11.5 Å². The maximum atomic E-state index is 12.3. The Labute approximate surface area is 115 Å². The summed E-state index contributed by atoms with van der Waals surface area (Å²) >= 11 is 0. The van der Waals surface area contributed by atoms with Gasteiger partial charge in [0.05, 0.1) is 14.2 Å². The molecule has 0 aliphatic heterocycles. The van der Waals surface area contributed by atoms with Crippen LogP contribution in [0.1, 0.15) is 35.7 Å². The molecule has 1 amide bonds. The van der Waals surface area contributed by atoms with Gasteiger partial charge in [-0.15, -0.1) is 0 Å². The van der Waals surface area contributed by atoms with Crippen LogP contribution in [0.15, 0.2) is 12.1 Å². The van der Waals surface area contributed by atoms with Crippen molar-refractivity contribution in [1.29, 1.82) is 0 Å². The highest BCUT2D eigenvalue weighted by molar-refractivity contribution is 5.95. The molecule has 0 N–H and O–H groups in total. The minimum absolute atomic E-state index is 0.00921. The summed E-state index contributed by atoms with van der Waals surface area (Å²) in [5, 5.41) is 0. The fourth-order valence-corrected chi connectivity index (χ4v) is 1.93. The van der Waals surface area contributed by atoms with Gasteiger partial charge in [-0.25, -0.2) is 0 Å². The lowest BCUT2D eigenvalue weighted by Gasteiger charge is -2.18. The molecular weight excluding hydrogens is 242 g/mol. The van der Waals surface area contributed by atoms with E-state index in [-0.39, 0.29) is 5.91 Å². The van der Waals surface area contributed by atoms with Crippen LogP contribution < -0.4 is 9.47 Å². The highest BCUT2D eigenvalue weighted by Crippen LogP contribution is 2.29. The lowest BCUT2D eigenvalue weighted by molar-refractivity contribution is 0.0792. The average molecular weight is 265 g/mol. The van der Waals surface area contributed by atoms with Gasteiger partial charge in [-0.05, 0) is 25.5 Å². The number of methoxy groups -OCH3 is 2. The Bertz CT molecular complexity index is 418. The molecule has 0 aliphatic carbocycles. The summed E-state index contributed by atoms with van der Waals surface area (Å²) in [6.45, 7) is 4.77. The number of ether oxygens (including phenoxy) is 2. The van der Waals surface area contributed by atoms with E-state index in [1.54, 1.807) is 31.3 Å². The molecule has 1 aromatic rings. The SMILES string of the molecule is CCCCN(C)C(=O)c1cc(OC)c(C)c(OC)c1. The molecule has 1 aromatic carbocycles. The van der Waals surface area contributed by atoms with Gasteiger partial charge in [-0.1, -0.05) is 13.3 Å². The summed E-state index contributed by atoms with van der Waals surface area (Å²) < 4.78 is 10.6. The van der Waals surface area contributed by atoms with Crippen LogP contribution in [0.5, 0.6) is 11.5 Å². The molecule has 0 spiro atoms. The second-order valence-electron chi connectivity index (χ2n) is 4.59. The molecule has 0 heterocycles. The Morgan fingerprint density at radius 1 is 1.21 bits per heavy atom. The average Bonchev–Trinajstić information content (AvgIpc) is 2.44. The zero-order valence-electron chi connectivity index (χ0n) is 12.4. The zero-order valence-corrected chi connectivity index (χ0v) is 12.4. The molecule has 0 saturated heterocycles. The van der Waals surface area contributed by atoms with E-state index in [1.807, 2.05) is 14.0 Å².